The Morgan fingerprint density at radius 2 is 1.09 bits per heavy atom. The minimum atomic E-state index is -0.484. The van der Waals surface area contributed by atoms with Gasteiger partial charge in [-0.3, -0.25) is 20.2 Å². The van der Waals surface area contributed by atoms with Crippen LogP contribution < -0.4 is 9.47 Å². The van der Waals surface area contributed by atoms with E-state index in [9.17, 15) is 20.2 Å². The fourth-order valence-corrected chi connectivity index (χ4v) is 3.73. The highest BCUT2D eigenvalue weighted by atomic mass is 32.2. The highest BCUT2D eigenvalue weighted by molar-refractivity contribution is 7.99. The van der Waals surface area contributed by atoms with Crippen LogP contribution in [0.3, 0.4) is 0 Å². The monoisotopic (exact) mass is 460 g/mol. The molecule has 0 aliphatic heterocycles. The van der Waals surface area contributed by atoms with E-state index in [1.807, 2.05) is 36.4 Å². The Morgan fingerprint density at radius 3 is 1.61 bits per heavy atom. The zero-order valence-corrected chi connectivity index (χ0v) is 17.8. The predicted octanol–water partition coefficient (Wildman–Crippen LogP) is 7.24. The normalized spacial score (nSPS) is 10.4. The summed E-state index contributed by atoms with van der Waals surface area (Å²) in [5.74, 6) is 1.58. The van der Waals surface area contributed by atoms with E-state index in [-0.39, 0.29) is 11.4 Å². The first-order valence-electron chi connectivity index (χ1n) is 9.69. The molecule has 0 aliphatic carbocycles. The van der Waals surface area contributed by atoms with Crippen LogP contribution in [0.5, 0.6) is 23.0 Å². The third-order valence-electron chi connectivity index (χ3n) is 4.44. The van der Waals surface area contributed by atoms with Gasteiger partial charge in [-0.15, -0.1) is 0 Å². The minimum Gasteiger partial charge on any atom is -0.453 e. The largest absolute Gasteiger partial charge is 0.453 e. The topological polar surface area (TPSA) is 105 Å². The fraction of sp³-hybridized carbons (Fsp3) is 0. The van der Waals surface area contributed by atoms with Crippen LogP contribution in [0.25, 0.3) is 0 Å². The van der Waals surface area contributed by atoms with E-state index in [2.05, 4.69) is 0 Å². The van der Waals surface area contributed by atoms with E-state index in [1.165, 1.54) is 60.3 Å². The zero-order chi connectivity index (χ0) is 23.2. The first-order valence-corrected chi connectivity index (χ1v) is 10.5. The molecule has 0 heterocycles. The Bertz CT molecular complexity index is 1280. The lowest BCUT2D eigenvalue weighted by Crippen LogP contribution is -1.93. The molecule has 0 saturated heterocycles. The molecular formula is C24H16N2O6S. The molecule has 0 aliphatic rings. The molecule has 33 heavy (non-hydrogen) atoms. The van der Waals surface area contributed by atoms with Gasteiger partial charge in [-0.2, -0.15) is 0 Å². The van der Waals surface area contributed by atoms with Gasteiger partial charge >= 0.3 is 0 Å². The molecule has 0 aromatic heterocycles. The highest BCUT2D eigenvalue weighted by Crippen LogP contribution is 2.40. The number of rotatable bonds is 8. The number of benzene rings is 4. The van der Waals surface area contributed by atoms with E-state index in [4.69, 9.17) is 9.47 Å². The maximum Gasteiger partial charge on any atom is 0.269 e. The molecule has 4 aromatic carbocycles. The number of non-ortho nitro benzene ring substituents is 2. The third kappa shape index (κ3) is 5.66. The fourth-order valence-electron chi connectivity index (χ4n) is 2.87. The van der Waals surface area contributed by atoms with Crippen molar-refractivity contribution in [1.29, 1.82) is 0 Å². The summed E-state index contributed by atoms with van der Waals surface area (Å²) in [5, 5.41) is 21.8. The van der Waals surface area contributed by atoms with Crippen LogP contribution in [-0.2, 0) is 0 Å². The quantitative estimate of drug-likeness (QED) is 0.202. The maximum atomic E-state index is 10.9. The predicted molar refractivity (Wildman–Crippen MR) is 123 cm³/mol. The Hall–Kier alpha value is -4.37. The second-order valence-corrected chi connectivity index (χ2v) is 7.88. The average molecular weight is 460 g/mol. The Labute approximate surface area is 192 Å². The van der Waals surface area contributed by atoms with Crippen molar-refractivity contribution in [2.24, 2.45) is 0 Å². The van der Waals surface area contributed by atoms with E-state index in [0.29, 0.717) is 23.0 Å². The van der Waals surface area contributed by atoms with Gasteiger partial charge in [-0.25, -0.2) is 0 Å². The molecule has 0 bridgehead atoms. The molecule has 0 amide bonds. The molecule has 8 nitrogen and oxygen atoms in total. The van der Waals surface area contributed by atoms with Crippen LogP contribution in [0.2, 0.25) is 0 Å². The lowest BCUT2D eigenvalue weighted by molar-refractivity contribution is -0.385. The summed E-state index contributed by atoms with van der Waals surface area (Å²) >= 11 is 1.54. The van der Waals surface area contributed by atoms with Crippen molar-refractivity contribution in [3.63, 3.8) is 0 Å². The standard InChI is InChI=1S/C24H16N2O6S/c27-25(28)17-6-10-19(11-7-17)31-23-15-14-22(33-21-4-2-1-3-5-21)16-24(23)32-20-12-8-18(9-13-20)26(29)30/h1-16H. The lowest BCUT2D eigenvalue weighted by Gasteiger charge is -2.14. The molecule has 9 heteroatoms. The van der Waals surface area contributed by atoms with Crippen LogP contribution in [0.15, 0.2) is 107 Å². The highest BCUT2D eigenvalue weighted by Gasteiger charge is 2.13. The number of hydrogen-bond acceptors (Lipinski definition) is 7. The van der Waals surface area contributed by atoms with Crippen molar-refractivity contribution in [3.05, 3.63) is 117 Å². The van der Waals surface area contributed by atoms with Crippen molar-refractivity contribution < 1.29 is 19.3 Å². The SMILES string of the molecule is O=[N+]([O-])c1ccc(Oc2ccc(Sc3ccccc3)cc2Oc2ccc([N+](=O)[O-])cc2)cc1. The van der Waals surface area contributed by atoms with Gasteiger partial charge in [0.2, 0.25) is 0 Å². The summed E-state index contributed by atoms with van der Waals surface area (Å²) in [7, 11) is 0. The van der Waals surface area contributed by atoms with E-state index in [0.717, 1.165) is 9.79 Å². The Balaban J connectivity index is 1.63. The Kier molecular flexibility index (Phi) is 6.51. The Morgan fingerprint density at radius 1 is 0.576 bits per heavy atom. The summed E-state index contributed by atoms with van der Waals surface area (Å²) < 4.78 is 11.9. The molecular weight excluding hydrogens is 444 g/mol. The van der Waals surface area contributed by atoms with Gasteiger partial charge in [0.1, 0.15) is 11.5 Å². The molecule has 0 unspecified atom stereocenters. The first-order chi connectivity index (χ1) is 16.0. The number of nitro groups is 2. The summed E-state index contributed by atoms with van der Waals surface area (Å²) in [4.78, 5) is 22.8. The number of ether oxygens (including phenoxy) is 2. The van der Waals surface area contributed by atoms with Gasteiger partial charge in [0.05, 0.1) is 9.85 Å². The smallest absolute Gasteiger partial charge is 0.269 e. The number of nitrogens with zero attached hydrogens (tertiary/aromatic N) is 2. The lowest BCUT2D eigenvalue weighted by atomic mass is 10.3. The molecule has 0 spiro atoms. The summed E-state index contributed by atoms with van der Waals surface area (Å²) in [6, 6.07) is 26.7. The maximum absolute atomic E-state index is 10.9. The first kappa shape index (κ1) is 21.8. The van der Waals surface area contributed by atoms with Crippen molar-refractivity contribution in [2.45, 2.75) is 9.79 Å². The van der Waals surface area contributed by atoms with Crippen molar-refractivity contribution in [3.8, 4) is 23.0 Å². The molecule has 164 valence electrons. The van der Waals surface area contributed by atoms with Gasteiger partial charge in [0, 0.05) is 34.1 Å². The molecule has 0 saturated carbocycles. The van der Waals surface area contributed by atoms with E-state index in [1.54, 1.807) is 12.1 Å². The molecule has 0 fully saturated rings. The second-order valence-electron chi connectivity index (χ2n) is 6.73. The van der Waals surface area contributed by atoms with Crippen molar-refractivity contribution in [2.75, 3.05) is 0 Å². The van der Waals surface area contributed by atoms with Gasteiger partial charge in [0.25, 0.3) is 11.4 Å². The van der Waals surface area contributed by atoms with Gasteiger partial charge in [-0.1, -0.05) is 30.0 Å². The molecule has 0 atom stereocenters. The van der Waals surface area contributed by atoms with Crippen LogP contribution in [0, 0.1) is 20.2 Å². The third-order valence-corrected chi connectivity index (χ3v) is 5.44. The molecule has 4 rings (SSSR count). The van der Waals surface area contributed by atoms with Gasteiger partial charge in [0.15, 0.2) is 11.5 Å². The van der Waals surface area contributed by atoms with Gasteiger partial charge in [-0.05, 0) is 54.6 Å². The summed E-state index contributed by atoms with van der Waals surface area (Å²) in [6.45, 7) is 0. The average Bonchev–Trinajstić information content (AvgIpc) is 2.82. The molecule has 0 radical (unpaired) electrons. The van der Waals surface area contributed by atoms with E-state index < -0.39 is 9.85 Å². The van der Waals surface area contributed by atoms with Crippen LogP contribution in [0.1, 0.15) is 0 Å². The molecule has 4 aromatic rings. The summed E-state index contributed by atoms with van der Waals surface area (Å²) in [5.41, 5.74) is -0.0857. The molecule has 0 N–H and O–H groups in total. The summed E-state index contributed by atoms with van der Waals surface area (Å²) in [6.07, 6.45) is 0. The minimum absolute atomic E-state index is 0.0423. The van der Waals surface area contributed by atoms with Crippen molar-refractivity contribution >= 4 is 23.1 Å². The number of nitro benzene ring substituents is 2. The van der Waals surface area contributed by atoms with Gasteiger partial charge < -0.3 is 9.47 Å². The van der Waals surface area contributed by atoms with Crippen LogP contribution in [-0.4, -0.2) is 9.85 Å². The number of hydrogen-bond donors (Lipinski definition) is 0. The van der Waals surface area contributed by atoms with Crippen LogP contribution in [0.4, 0.5) is 11.4 Å². The van der Waals surface area contributed by atoms with Crippen molar-refractivity contribution in [1.82, 2.24) is 0 Å². The second kappa shape index (κ2) is 9.84. The zero-order valence-electron chi connectivity index (χ0n) is 17.0. The van der Waals surface area contributed by atoms with Crippen LogP contribution >= 0.6 is 11.8 Å². The van der Waals surface area contributed by atoms with E-state index >= 15 is 0 Å².